The number of amides is 1. The Labute approximate surface area is 144 Å². The summed E-state index contributed by atoms with van der Waals surface area (Å²) in [4.78, 5) is 15.1. The normalized spacial score (nSPS) is 36.0. The smallest absolute Gasteiger partial charge is 0.226 e. The van der Waals surface area contributed by atoms with Crippen LogP contribution in [-0.4, -0.2) is 42.1 Å². The van der Waals surface area contributed by atoms with Crippen molar-refractivity contribution in [1.82, 2.24) is 10.2 Å². The monoisotopic (exact) mass is 328 g/mol. The first-order valence-corrected chi connectivity index (χ1v) is 9.41. The van der Waals surface area contributed by atoms with Crippen LogP contribution < -0.4 is 5.32 Å². The minimum Gasteiger partial charge on any atom is -0.374 e. The van der Waals surface area contributed by atoms with Gasteiger partial charge in [0.05, 0.1) is 18.1 Å². The Balaban J connectivity index is 1.28. The molecule has 3 heterocycles. The number of fused-ring (bicyclic) bond motifs is 2. The van der Waals surface area contributed by atoms with Gasteiger partial charge in [-0.15, -0.1) is 0 Å². The van der Waals surface area contributed by atoms with Crippen molar-refractivity contribution >= 4 is 5.91 Å². The topological polar surface area (TPSA) is 41.6 Å². The van der Waals surface area contributed by atoms with Crippen molar-refractivity contribution in [2.45, 2.75) is 57.4 Å². The van der Waals surface area contributed by atoms with Crippen molar-refractivity contribution < 1.29 is 9.53 Å². The van der Waals surface area contributed by atoms with E-state index in [1.165, 1.54) is 5.56 Å². The molecule has 2 bridgehead atoms. The quantitative estimate of drug-likeness (QED) is 0.924. The van der Waals surface area contributed by atoms with Gasteiger partial charge in [0.2, 0.25) is 5.91 Å². The van der Waals surface area contributed by atoms with E-state index >= 15 is 0 Å². The van der Waals surface area contributed by atoms with Gasteiger partial charge in [-0.05, 0) is 37.2 Å². The Morgan fingerprint density at radius 1 is 1.25 bits per heavy atom. The first-order valence-electron chi connectivity index (χ1n) is 9.41. The highest BCUT2D eigenvalue weighted by Crippen LogP contribution is 2.39. The summed E-state index contributed by atoms with van der Waals surface area (Å²) in [5, 5.41) is 3.33. The van der Waals surface area contributed by atoms with E-state index in [2.05, 4.69) is 47.5 Å². The number of hydrogen-bond donors (Lipinski definition) is 1. The Morgan fingerprint density at radius 2 is 2.08 bits per heavy atom. The largest absolute Gasteiger partial charge is 0.374 e. The van der Waals surface area contributed by atoms with Crippen LogP contribution in [0.4, 0.5) is 0 Å². The predicted octanol–water partition coefficient (Wildman–Crippen LogP) is 2.58. The molecular weight excluding hydrogens is 300 g/mol. The van der Waals surface area contributed by atoms with Gasteiger partial charge in [-0.2, -0.15) is 0 Å². The second-order valence-electron chi connectivity index (χ2n) is 7.82. The summed E-state index contributed by atoms with van der Waals surface area (Å²) < 4.78 is 5.84. The lowest BCUT2D eigenvalue weighted by molar-refractivity contribution is -0.128. The minimum absolute atomic E-state index is 0.0956. The molecule has 1 aromatic carbocycles. The maximum atomic E-state index is 12.6. The molecule has 3 aliphatic rings. The fraction of sp³-hybridized carbons (Fsp3) is 0.650. The van der Waals surface area contributed by atoms with E-state index in [9.17, 15) is 4.79 Å². The van der Waals surface area contributed by atoms with E-state index < -0.39 is 0 Å². The van der Waals surface area contributed by atoms with E-state index in [1.807, 2.05) is 0 Å². The number of nitrogens with one attached hydrogen (secondary N) is 1. The summed E-state index contributed by atoms with van der Waals surface area (Å²) in [6.45, 7) is 5.37. The molecule has 24 heavy (non-hydrogen) atoms. The molecule has 3 saturated heterocycles. The highest BCUT2D eigenvalue weighted by molar-refractivity contribution is 5.80. The van der Waals surface area contributed by atoms with Crippen LogP contribution in [0.25, 0.3) is 0 Å². The van der Waals surface area contributed by atoms with Crippen LogP contribution in [0.1, 0.15) is 38.2 Å². The van der Waals surface area contributed by atoms with E-state index in [0.717, 1.165) is 45.3 Å². The number of carbonyl (C=O) groups is 1. The van der Waals surface area contributed by atoms with Gasteiger partial charge >= 0.3 is 0 Å². The molecule has 0 radical (unpaired) electrons. The summed E-state index contributed by atoms with van der Waals surface area (Å²) in [7, 11) is 0. The minimum atomic E-state index is 0.0956. The molecule has 0 spiro atoms. The Bertz CT molecular complexity index is 576. The SMILES string of the molecule is C[C@@H]1CN(Cc2ccccc2)CC[C@H]1NC(=O)[C@@H]1C[C@H]2CC[C@H]1O2. The van der Waals surface area contributed by atoms with Gasteiger partial charge in [-0.25, -0.2) is 0 Å². The van der Waals surface area contributed by atoms with Gasteiger partial charge in [-0.3, -0.25) is 9.69 Å². The summed E-state index contributed by atoms with van der Waals surface area (Å²) >= 11 is 0. The van der Waals surface area contributed by atoms with Crippen LogP contribution in [0.15, 0.2) is 30.3 Å². The predicted molar refractivity (Wildman–Crippen MR) is 93.4 cm³/mol. The Hall–Kier alpha value is -1.39. The molecule has 1 N–H and O–H groups in total. The second kappa shape index (κ2) is 6.85. The molecule has 0 aliphatic carbocycles. The van der Waals surface area contributed by atoms with Gasteiger partial charge in [-0.1, -0.05) is 37.3 Å². The number of hydrogen-bond acceptors (Lipinski definition) is 3. The lowest BCUT2D eigenvalue weighted by Crippen LogP contribution is -2.51. The molecule has 0 aromatic heterocycles. The Kier molecular flexibility index (Phi) is 4.59. The van der Waals surface area contributed by atoms with Crippen LogP contribution in [0.3, 0.4) is 0 Å². The number of piperidine rings is 1. The molecule has 1 aromatic rings. The van der Waals surface area contributed by atoms with Crippen LogP contribution >= 0.6 is 0 Å². The lowest BCUT2D eigenvalue weighted by Gasteiger charge is -2.38. The van der Waals surface area contributed by atoms with Crippen molar-refractivity contribution in [1.29, 1.82) is 0 Å². The number of rotatable bonds is 4. The van der Waals surface area contributed by atoms with Crippen molar-refractivity contribution in [2.24, 2.45) is 11.8 Å². The number of benzene rings is 1. The lowest BCUT2D eigenvalue weighted by atomic mass is 9.87. The molecule has 1 amide bonds. The average Bonchev–Trinajstić information content (AvgIpc) is 3.21. The summed E-state index contributed by atoms with van der Waals surface area (Å²) in [6, 6.07) is 10.9. The van der Waals surface area contributed by atoms with Crippen molar-refractivity contribution in [3.63, 3.8) is 0 Å². The molecule has 4 rings (SSSR count). The fourth-order valence-corrected chi connectivity index (χ4v) is 4.64. The molecule has 3 fully saturated rings. The average molecular weight is 328 g/mol. The van der Waals surface area contributed by atoms with Gasteiger partial charge in [0.25, 0.3) is 0 Å². The second-order valence-corrected chi connectivity index (χ2v) is 7.82. The summed E-state index contributed by atoms with van der Waals surface area (Å²) in [6.07, 6.45) is 4.70. The van der Waals surface area contributed by atoms with Crippen LogP contribution in [0, 0.1) is 11.8 Å². The molecule has 3 aliphatic heterocycles. The van der Waals surface area contributed by atoms with Crippen molar-refractivity contribution in [3.05, 3.63) is 35.9 Å². The van der Waals surface area contributed by atoms with E-state index in [0.29, 0.717) is 18.1 Å². The van der Waals surface area contributed by atoms with E-state index in [-0.39, 0.29) is 17.9 Å². The third-order valence-corrected chi connectivity index (χ3v) is 6.01. The number of ether oxygens (including phenoxy) is 1. The molecule has 130 valence electrons. The van der Waals surface area contributed by atoms with Crippen LogP contribution in [0.5, 0.6) is 0 Å². The maximum absolute atomic E-state index is 12.6. The molecule has 0 unspecified atom stereocenters. The summed E-state index contributed by atoms with van der Waals surface area (Å²) in [5.74, 6) is 0.819. The highest BCUT2D eigenvalue weighted by atomic mass is 16.5. The van der Waals surface area contributed by atoms with E-state index in [1.54, 1.807) is 0 Å². The first-order chi connectivity index (χ1) is 11.7. The zero-order chi connectivity index (χ0) is 16.5. The zero-order valence-corrected chi connectivity index (χ0v) is 14.5. The van der Waals surface area contributed by atoms with E-state index in [4.69, 9.17) is 4.74 Å². The fourth-order valence-electron chi connectivity index (χ4n) is 4.64. The standard InChI is InChI=1S/C20H28N2O2/c1-14-12-22(13-15-5-3-2-4-6-15)10-9-18(14)21-20(23)17-11-16-7-8-19(17)24-16/h2-6,14,16-19H,7-13H2,1H3,(H,21,23)/t14-,16-,17-,18-,19-/m1/s1. The highest BCUT2D eigenvalue weighted by Gasteiger charge is 2.45. The molecule has 0 saturated carbocycles. The number of carbonyl (C=O) groups excluding carboxylic acids is 1. The zero-order valence-electron chi connectivity index (χ0n) is 14.5. The number of likely N-dealkylation sites (tertiary alicyclic amines) is 1. The van der Waals surface area contributed by atoms with Crippen LogP contribution in [-0.2, 0) is 16.1 Å². The third-order valence-electron chi connectivity index (χ3n) is 6.01. The van der Waals surface area contributed by atoms with Gasteiger partial charge < -0.3 is 10.1 Å². The van der Waals surface area contributed by atoms with Gasteiger partial charge in [0.15, 0.2) is 0 Å². The van der Waals surface area contributed by atoms with Crippen molar-refractivity contribution in [2.75, 3.05) is 13.1 Å². The molecular formula is C20H28N2O2. The molecule has 4 nitrogen and oxygen atoms in total. The maximum Gasteiger partial charge on any atom is 0.226 e. The number of nitrogens with zero attached hydrogens (tertiary/aromatic N) is 1. The molecule has 5 atom stereocenters. The van der Waals surface area contributed by atoms with Gasteiger partial charge in [0.1, 0.15) is 0 Å². The molecule has 4 heteroatoms. The summed E-state index contributed by atoms with van der Waals surface area (Å²) in [5.41, 5.74) is 1.37. The first kappa shape index (κ1) is 16.1. The Morgan fingerprint density at radius 3 is 2.75 bits per heavy atom. The third kappa shape index (κ3) is 3.35. The van der Waals surface area contributed by atoms with Crippen LogP contribution in [0.2, 0.25) is 0 Å². The van der Waals surface area contributed by atoms with Gasteiger partial charge in [0, 0.05) is 25.7 Å². The van der Waals surface area contributed by atoms with Crippen molar-refractivity contribution in [3.8, 4) is 0 Å².